The summed E-state index contributed by atoms with van der Waals surface area (Å²) in [6.07, 6.45) is 11.1. The quantitative estimate of drug-likeness (QED) is 0.631. The smallest absolute Gasteiger partial charge is 0.139 e. The molecule has 2 heteroatoms. The monoisotopic (exact) mass is 288 g/mol. The fourth-order valence-corrected chi connectivity index (χ4v) is 7.36. The van der Waals surface area contributed by atoms with Crippen molar-refractivity contribution in [3.63, 3.8) is 0 Å². The molecule has 116 valence electrons. The van der Waals surface area contributed by atoms with E-state index in [1.54, 1.807) is 0 Å². The Morgan fingerprint density at radius 2 is 1.81 bits per heavy atom. The zero-order valence-electron chi connectivity index (χ0n) is 13.4. The zero-order valence-corrected chi connectivity index (χ0v) is 13.4. The molecule has 8 atom stereocenters. The van der Waals surface area contributed by atoms with Crippen LogP contribution in [0.5, 0.6) is 0 Å². The second-order valence-electron chi connectivity index (χ2n) is 9.16. The summed E-state index contributed by atoms with van der Waals surface area (Å²) in [5.41, 5.74) is 0.547. The average Bonchev–Trinajstić information content (AvgIpc) is 3.18. The lowest BCUT2D eigenvalue weighted by Gasteiger charge is -2.58. The minimum Gasteiger partial charge on any atom is -0.369 e. The van der Waals surface area contributed by atoms with Crippen molar-refractivity contribution >= 4 is 5.78 Å². The first kappa shape index (κ1) is 13.1. The minimum absolute atomic E-state index is 0.0393. The zero-order chi connectivity index (χ0) is 14.4. The van der Waals surface area contributed by atoms with Crippen molar-refractivity contribution in [1.82, 2.24) is 0 Å². The summed E-state index contributed by atoms with van der Waals surface area (Å²) in [5, 5.41) is 0. The first-order valence-electron chi connectivity index (χ1n) is 9.23. The number of fused-ring (bicyclic) bond motifs is 7. The molecule has 4 saturated carbocycles. The van der Waals surface area contributed by atoms with E-state index in [1.807, 2.05) is 0 Å². The summed E-state index contributed by atoms with van der Waals surface area (Å²) in [7, 11) is 0. The van der Waals surface area contributed by atoms with E-state index < -0.39 is 0 Å². The van der Waals surface area contributed by atoms with Crippen LogP contribution in [0.2, 0.25) is 0 Å². The lowest BCUT2D eigenvalue weighted by Crippen LogP contribution is -2.54. The molecule has 0 amide bonds. The van der Waals surface area contributed by atoms with Crippen LogP contribution in [0.1, 0.15) is 65.2 Å². The van der Waals surface area contributed by atoms with E-state index >= 15 is 0 Å². The van der Waals surface area contributed by atoms with Gasteiger partial charge in [0.25, 0.3) is 0 Å². The Morgan fingerprint density at radius 1 is 0.952 bits per heavy atom. The van der Waals surface area contributed by atoms with Crippen molar-refractivity contribution in [2.75, 3.05) is 0 Å². The van der Waals surface area contributed by atoms with Gasteiger partial charge in [0, 0.05) is 11.8 Å². The molecule has 0 aromatic carbocycles. The van der Waals surface area contributed by atoms with Crippen molar-refractivity contribution in [3.05, 3.63) is 0 Å². The van der Waals surface area contributed by atoms with E-state index in [2.05, 4.69) is 13.8 Å². The van der Waals surface area contributed by atoms with Gasteiger partial charge < -0.3 is 4.74 Å². The molecular weight excluding hydrogens is 260 g/mol. The topological polar surface area (TPSA) is 29.6 Å². The highest BCUT2D eigenvalue weighted by Gasteiger charge is 2.64. The van der Waals surface area contributed by atoms with Gasteiger partial charge in [-0.05, 0) is 74.0 Å². The molecule has 0 radical (unpaired) electrons. The number of carbonyl (C=O) groups is 1. The maximum absolute atomic E-state index is 12.4. The highest BCUT2D eigenvalue weighted by Crippen LogP contribution is 2.67. The SMILES string of the molecule is C[C@]12CCC3OC3C1CC[C@@H]1[C@H]2CC[C@]2(C)C(=O)CC[C@@H]12. The van der Waals surface area contributed by atoms with E-state index in [0.29, 0.717) is 29.3 Å². The molecule has 1 heterocycles. The maximum atomic E-state index is 12.4. The van der Waals surface area contributed by atoms with Gasteiger partial charge >= 0.3 is 0 Å². The Kier molecular flexibility index (Phi) is 2.45. The summed E-state index contributed by atoms with van der Waals surface area (Å²) in [6, 6.07) is 0. The van der Waals surface area contributed by atoms with Gasteiger partial charge in [0.15, 0.2) is 0 Å². The lowest BCUT2D eigenvalue weighted by molar-refractivity contribution is -0.138. The van der Waals surface area contributed by atoms with Crippen molar-refractivity contribution < 1.29 is 9.53 Å². The van der Waals surface area contributed by atoms with Gasteiger partial charge in [0.05, 0.1) is 12.2 Å². The Bertz CT molecular complexity index is 500. The van der Waals surface area contributed by atoms with Gasteiger partial charge in [-0.25, -0.2) is 0 Å². The number of rotatable bonds is 0. The molecule has 5 fully saturated rings. The number of epoxide rings is 1. The number of ketones is 1. The molecule has 0 spiro atoms. The summed E-state index contributed by atoms with van der Waals surface area (Å²) < 4.78 is 5.96. The number of hydrogen-bond acceptors (Lipinski definition) is 2. The maximum Gasteiger partial charge on any atom is 0.139 e. The normalized spacial score (nSPS) is 61.5. The van der Waals surface area contributed by atoms with E-state index in [0.717, 1.165) is 30.6 Å². The van der Waals surface area contributed by atoms with Crippen LogP contribution in [0.4, 0.5) is 0 Å². The second-order valence-corrected chi connectivity index (χ2v) is 9.16. The molecule has 0 aromatic rings. The van der Waals surface area contributed by atoms with E-state index in [9.17, 15) is 4.79 Å². The van der Waals surface area contributed by atoms with Crippen LogP contribution >= 0.6 is 0 Å². The fourth-order valence-electron chi connectivity index (χ4n) is 7.36. The molecule has 0 bridgehead atoms. The van der Waals surface area contributed by atoms with Crippen LogP contribution in [0.15, 0.2) is 0 Å². The van der Waals surface area contributed by atoms with Crippen molar-refractivity contribution in [2.45, 2.75) is 77.4 Å². The fraction of sp³-hybridized carbons (Fsp3) is 0.947. The Labute approximate surface area is 128 Å². The Hall–Kier alpha value is -0.370. The highest BCUT2D eigenvalue weighted by molar-refractivity contribution is 5.87. The van der Waals surface area contributed by atoms with Gasteiger partial charge in [-0.2, -0.15) is 0 Å². The summed E-state index contributed by atoms with van der Waals surface area (Å²) >= 11 is 0. The number of ether oxygens (including phenoxy) is 1. The van der Waals surface area contributed by atoms with Crippen LogP contribution in [0.25, 0.3) is 0 Å². The van der Waals surface area contributed by atoms with Gasteiger partial charge in [0.1, 0.15) is 5.78 Å². The minimum atomic E-state index is 0.0393. The van der Waals surface area contributed by atoms with Crippen LogP contribution in [0.3, 0.4) is 0 Å². The standard InChI is InChI=1S/C19H28O2/c1-18-10-8-15-17(21-15)14(18)4-3-11-12-5-6-16(20)19(12,2)9-7-13(11)18/h11-15,17H,3-10H2,1-2H3/t11-,12-,13+,14?,15?,17?,18+,19-/m0/s1. The molecule has 4 aliphatic carbocycles. The van der Waals surface area contributed by atoms with E-state index in [4.69, 9.17) is 4.74 Å². The molecule has 0 aromatic heterocycles. The first-order valence-corrected chi connectivity index (χ1v) is 9.23. The molecule has 0 N–H and O–H groups in total. The molecular formula is C19H28O2. The predicted octanol–water partition coefficient (Wildman–Crippen LogP) is 3.98. The van der Waals surface area contributed by atoms with Crippen LogP contribution in [-0.4, -0.2) is 18.0 Å². The number of carbonyl (C=O) groups excluding carboxylic acids is 1. The van der Waals surface area contributed by atoms with Crippen LogP contribution in [-0.2, 0) is 9.53 Å². The average molecular weight is 288 g/mol. The van der Waals surface area contributed by atoms with Gasteiger partial charge in [-0.1, -0.05) is 13.8 Å². The Morgan fingerprint density at radius 3 is 2.67 bits per heavy atom. The molecule has 1 aliphatic heterocycles. The first-order chi connectivity index (χ1) is 10.0. The third kappa shape index (κ3) is 1.51. The molecule has 3 unspecified atom stereocenters. The number of Topliss-reactive ketones (excluding diaryl/α,β-unsaturated/α-hetero) is 1. The van der Waals surface area contributed by atoms with Gasteiger partial charge in [0.2, 0.25) is 0 Å². The van der Waals surface area contributed by atoms with Gasteiger partial charge in [-0.15, -0.1) is 0 Å². The third-order valence-electron chi connectivity index (χ3n) is 8.64. The summed E-state index contributed by atoms with van der Waals surface area (Å²) in [4.78, 5) is 12.4. The third-order valence-corrected chi connectivity index (χ3v) is 8.64. The van der Waals surface area contributed by atoms with Crippen LogP contribution in [0, 0.1) is 34.5 Å². The second kappa shape index (κ2) is 3.93. The van der Waals surface area contributed by atoms with Crippen molar-refractivity contribution in [1.29, 1.82) is 0 Å². The van der Waals surface area contributed by atoms with Crippen molar-refractivity contribution in [3.8, 4) is 0 Å². The van der Waals surface area contributed by atoms with E-state index in [-0.39, 0.29) is 5.41 Å². The molecule has 2 nitrogen and oxygen atoms in total. The van der Waals surface area contributed by atoms with Crippen molar-refractivity contribution in [2.24, 2.45) is 34.5 Å². The Balaban J connectivity index is 1.49. The van der Waals surface area contributed by atoms with Gasteiger partial charge in [-0.3, -0.25) is 4.79 Å². The summed E-state index contributed by atoms with van der Waals surface area (Å²) in [5.74, 6) is 3.78. The number of hydrogen-bond donors (Lipinski definition) is 0. The largest absolute Gasteiger partial charge is 0.369 e. The molecule has 5 aliphatic rings. The molecule has 1 saturated heterocycles. The lowest BCUT2D eigenvalue weighted by atomic mass is 9.45. The van der Waals surface area contributed by atoms with E-state index in [1.165, 1.54) is 38.5 Å². The molecule has 5 rings (SSSR count). The highest BCUT2D eigenvalue weighted by atomic mass is 16.6. The molecule has 21 heavy (non-hydrogen) atoms. The van der Waals surface area contributed by atoms with Crippen LogP contribution < -0.4 is 0 Å². The summed E-state index contributed by atoms with van der Waals surface area (Å²) in [6.45, 7) is 4.87. The predicted molar refractivity (Wildman–Crippen MR) is 80.8 cm³/mol.